The molecule has 0 aliphatic carbocycles. The third kappa shape index (κ3) is 17.8. The molecule has 14 atom stereocenters. The van der Waals surface area contributed by atoms with Crippen molar-refractivity contribution in [2.45, 2.75) is 203 Å². The molecule has 0 bridgehead atoms. The highest BCUT2D eigenvalue weighted by atomic mass is 16.3. The second-order valence-corrected chi connectivity index (χ2v) is 20.6. The average molecular weight is 1050 g/mol. The van der Waals surface area contributed by atoms with E-state index >= 15 is 0 Å². The zero-order valence-electron chi connectivity index (χ0n) is 42.8. The molecule has 416 valence electrons. The van der Waals surface area contributed by atoms with Crippen molar-refractivity contribution in [2.75, 3.05) is 13.1 Å². The highest BCUT2D eigenvalue weighted by Crippen LogP contribution is 2.25. The van der Waals surface area contributed by atoms with E-state index in [-0.39, 0.29) is 18.6 Å². The molecule has 3 aliphatic heterocycles. The Kier molecular flexibility index (Phi) is 23.9. The quantitative estimate of drug-likeness (QED) is 0.0586. The van der Waals surface area contributed by atoms with Crippen LogP contribution in [0.1, 0.15) is 123 Å². The molecule has 2 unspecified atom stereocenters. The van der Waals surface area contributed by atoms with E-state index in [2.05, 4.69) is 47.4 Å². The smallest absolute Gasteiger partial charge is 0.248 e. The van der Waals surface area contributed by atoms with Crippen molar-refractivity contribution in [3.63, 3.8) is 0 Å². The molecule has 4 rings (SSSR count). The summed E-state index contributed by atoms with van der Waals surface area (Å²) in [5.41, 5.74) is 5.66. The van der Waals surface area contributed by atoms with Crippen molar-refractivity contribution < 1.29 is 79.2 Å². The number of nitrogens with two attached hydrogens (primary N) is 1. The van der Waals surface area contributed by atoms with E-state index in [1.165, 1.54) is 37.1 Å². The molecule has 3 fully saturated rings. The first-order valence-corrected chi connectivity index (χ1v) is 25.8. The molecule has 1 aromatic carbocycles. The number of phenolic OH excluding ortho intramolecular Hbond substituents is 1. The molecule has 0 spiro atoms. The number of primary amides is 1. The van der Waals surface area contributed by atoms with Crippen LogP contribution in [-0.4, -0.2) is 190 Å². The summed E-state index contributed by atoms with van der Waals surface area (Å²) >= 11 is 0. The van der Waals surface area contributed by atoms with Gasteiger partial charge in [0, 0.05) is 38.8 Å². The maximum atomic E-state index is 14.4. The Morgan fingerprint density at radius 2 is 1.27 bits per heavy atom. The molecule has 0 aromatic heterocycles. The Balaban J connectivity index is 1.66. The molecular weight excluding hydrogens is 969 g/mol. The van der Waals surface area contributed by atoms with Crippen LogP contribution in [0.25, 0.3) is 0 Å². The molecule has 1 aromatic rings. The monoisotopic (exact) mass is 1050 g/mol. The van der Waals surface area contributed by atoms with Gasteiger partial charge < -0.3 is 83.0 Å². The van der Waals surface area contributed by atoms with Gasteiger partial charge in [0.25, 0.3) is 0 Å². The number of aliphatic hydroxyl groups excluding tert-OH is 7. The lowest BCUT2D eigenvalue weighted by Gasteiger charge is -2.34. The van der Waals surface area contributed by atoms with E-state index in [0.29, 0.717) is 30.2 Å². The number of nitrogens with one attached hydrogen (secondary N) is 5. The van der Waals surface area contributed by atoms with Crippen LogP contribution in [0.5, 0.6) is 5.75 Å². The second kappa shape index (κ2) is 29.0. The standard InChI is InChI=1S/C50H80N8O16/c1-26(2)27(3)13-11-9-7-5-6-8-10-12-14-39(67)52-32-23-37(65)46(70)56-48(72)43-34(62)19-20-57(43)50(74)42(36(64)24-38(51)66)55-47(71)41(35(63)21-29-15-17-30(60)18-16-29)54-45(69)33-22-31(61)25-58(33)49(73)40(28(4)59)53-44(32)68/h15-18,26-28,31-37,40-43,46,59-65,70H,5-14,19-25H2,1-4H3,(H2,51,66)(H,52,67)(H,53,68)(H,54,69)(H,55,71)(H,56,72)/t27?,28-,31+,32-,33?,34+,35+,36+,37+,40+,41-,42-,43+,46+/m0/s1. The van der Waals surface area contributed by atoms with Crippen LogP contribution < -0.4 is 32.3 Å². The summed E-state index contributed by atoms with van der Waals surface area (Å²) in [6.45, 7) is 6.90. The molecule has 3 heterocycles. The van der Waals surface area contributed by atoms with E-state index in [1.54, 1.807) is 0 Å². The number of carbonyl (C=O) groups is 8. The van der Waals surface area contributed by atoms with E-state index < -0.39 is 165 Å². The van der Waals surface area contributed by atoms with Crippen molar-refractivity contribution in [2.24, 2.45) is 17.6 Å². The zero-order chi connectivity index (χ0) is 55.0. The molecule has 0 saturated carbocycles. The fourth-order valence-corrected chi connectivity index (χ4v) is 9.45. The van der Waals surface area contributed by atoms with Crippen LogP contribution in [0.4, 0.5) is 0 Å². The number of hydrogen-bond donors (Lipinski definition) is 14. The summed E-state index contributed by atoms with van der Waals surface area (Å²) in [6.07, 6.45) is -7.43. The molecule has 15 N–H and O–H groups in total. The molecule has 24 nitrogen and oxygen atoms in total. The topological polar surface area (TPSA) is 391 Å². The van der Waals surface area contributed by atoms with Gasteiger partial charge >= 0.3 is 0 Å². The van der Waals surface area contributed by atoms with Crippen LogP contribution in [0.2, 0.25) is 0 Å². The Bertz CT molecular complexity index is 2060. The lowest BCUT2D eigenvalue weighted by atomic mass is 9.92. The Hall–Kier alpha value is -5.50. The number of fused-ring (bicyclic) bond motifs is 2. The van der Waals surface area contributed by atoms with E-state index in [9.17, 15) is 79.2 Å². The third-order valence-electron chi connectivity index (χ3n) is 14.3. The fourth-order valence-electron chi connectivity index (χ4n) is 9.45. The van der Waals surface area contributed by atoms with E-state index in [4.69, 9.17) is 5.73 Å². The van der Waals surface area contributed by atoms with Gasteiger partial charge in [-0.15, -0.1) is 0 Å². The highest BCUT2D eigenvalue weighted by molar-refractivity contribution is 5.98. The SMILES string of the molecule is CC(C)C(C)CCCCCCCCCCC(=O)N[C@H]1C[C@@H](O)[C@@H](O)NC(=O)[C@H]2[C@H](O)CCN2C(=O)[C@H]([C@H](O)CC(N)=O)NC(=O)[C@H]([C@H](O)Cc2ccc(O)cc2)NC(=O)C2C[C@@H](O)CN2C(=O)[C@@H]([C@H](C)O)NC1=O. The number of benzene rings is 1. The van der Waals surface area contributed by atoms with Crippen LogP contribution in [0.3, 0.4) is 0 Å². The molecule has 24 heteroatoms. The van der Waals surface area contributed by atoms with Crippen molar-refractivity contribution in [1.82, 2.24) is 36.4 Å². The van der Waals surface area contributed by atoms with Gasteiger partial charge in [0.15, 0.2) is 6.23 Å². The molecule has 3 saturated heterocycles. The average Bonchev–Trinajstić information content (AvgIpc) is 3.93. The Morgan fingerprint density at radius 3 is 1.88 bits per heavy atom. The number of aromatic hydroxyl groups is 1. The number of nitrogens with zero attached hydrogens (tertiary/aromatic N) is 2. The summed E-state index contributed by atoms with van der Waals surface area (Å²) in [5.74, 6) is -7.94. The number of amides is 8. The van der Waals surface area contributed by atoms with Crippen LogP contribution in [-0.2, 0) is 44.8 Å². The number of unbranched alkanes of at least 4 members (excludes halogenated alkanes) is 7. The predicted molar refractivity (Wildman–Crippen MR) is 264 cm³/mol. The van der Waals surface area contributed by atoms with Crippen molar-refractivity contribution in [1.29, 1.82) is 0 Å². The minimum absolute atomic E-state index is 0.0615. The summed E-state index contributed by atoms with van der Waals surface area (Å²) in [5, 5.41) is 99.3. The molecule has 0 radical (unpaired) electrons. The van der Waals surface area contributed by atoms with E-state index in [0.717, 1.165) is 48.8 Å². The molecule has 74 heavy (non-hydrogen) atoms. The third-order valence-corrected chi connectivity index (χ3v) is 14.3. The van der Waals surface area contributed by atoms with Gasteiger partial charge in [-0.05, 0) is 49.3 Å². The first-order chi connectivity index (χ1) is 34.9. The largest absolute Gasteiger partial charge is 0.508 e. The summed E-state index contributed by atoms with van der Waals surface area (Å²) in [4.78, 5) is 112. The lowest BCUT2D eigenvalue weighted by molar-refractivity contribution is -0.148. The summed E-state index contributed by atoms with van der Waals surface area (Å²) in [7, 11) is 0. The van der Waals surface area contributed by atoms with Gasteiger partial charge in [0.2, 0.25) is 47.3 Å². The van der Waals surface area contributed by atoms with Crippen LogP contribution >= 0.6 is 0 Å². The number of hydrogen-bond acceptors (Lipinski definition) is 16. The maximum Gasteiger partial charge on any atom is 0.248 e. The van der Waals surface area contributed by atoms with Crippen molar-refractivity contribution in [3.8, 4) is 5.75 Å². The maximum absolute atomic E-state index is 14.4. The van der Waals surface area contributed by atoms with Crippen molar-refractivity contribution in [3.05, 3.63) is 29.8 Å². The van der Waals surface area contributed by atoms with E-state index in [1.807, 2.05) is 0 Å². The molecular formula is C50H80N8O16. The van der Waals surface area contributed by atoms with Gasteiger partial charge in [0.1, 0.15) is 48.1 Å². The Labute approximate surface area is 431 Å². The minimum atomic E-state index is -2.25. The first kappa shape index (κ1) is 61.1. The molecule has 3 aliphatic rings. The summed E-state index contributed by atoms with van der Waals surface area (Å²) < 4.78 is 0. The minimum Gasteiger partial charge on any atom is -0.508 e. The fraction of sp³-hybridized carbons (Fsp3) is 0.720. The van der Waals surface area contributed by atoms with Gasteiger partial charge in [-0.1, -0.05) is 84.3 Å². The number of rotatable bonds is 20. The number of phenols is 1. The van der Waals surface area contributed by atoms with Gasteiger partial charge in [-0.3, -0.25) is 38.4 Å². The number of aliphatic hydroxyl groups is 7. The second-order valence-electron chi connectivity index (χ2n) is 20.6. The first-order valence-electron chi connectivity index (χ1n) is 25.8. The zero-order valence-corrected chi connectivity index (χ0v) is 42.8. The summed E-state index contributed by atoms with van der Waals surface area (Å²) in [6, 6.07) is -6.04. The van der Waals surface area contributed by atoms with Gasteiger partial charge in [-0.2, -0.15) is 0 Å². The van der Waals surface area contributed by atoms with Crippen LogP contribution in [0, 0.1) is 11.8 Å². The van der Waals surface area contributed by atoms with Gasteiger partial charge in [0.05, 0.1) is 36.9 Å². The number of carbonyl (C=O) groups excluding carboxylic acids is 8. The highest BCUT2D eigenvalue weighted by Gasteiger charge is 2.48. The Morgan fingerprint density at radius 1 is 0.689 bits per heavy atom. The predicted octanol–water partition coefficient (Wildman–Crippen LogP) is -2.83. The lowest BCUT2D eigenvalue weighted by Crippen LogP contribution is -2.64. The van der Waals surface area contributed by atoms with Crippen molar-refractivity contribution >= 4 is 47.3 Å². The normalized spacial score (nSPS) is 28.4. The molecule has 8 amide bonds. The van der Waals surface area contributed by atoms with Crippen LogP contribution in [0.15, 0.2) is 24.3 Å². The van der Waals surface area contributed by atoms with Gasteiger partial charge in [-0.25, -0.2) is 0 Å².